The Morgan fingerprint density at radius 1 is 1.19 bits per heavy atom. The number of ether oxygens (including phenoxy) is 2. The van der Waals surface area contributed by atoms with Gasteiger partial charge in [0.15, 0.2) is 17.3 Å². The van der Waals surface area contributed by atoms with Crippen molar-refractivity contribution >= 4 is 30.4 Å². The second-order valence-electron chi connectivity index (χ2n) is 9.42. The van der Waals surface area contributed by atoms with Gasteiger partial charge in [-0.2, -0.15) is 0 Å². The number of carbonyl (C=O) groups excluding carboxylic acids is 2. The molecule has 2 aromatic rings. The standard InChI is InChI=1S/C24H30BClFN3O6/c1-23(2)24(3,4)36-25(35-23)16(8-11-34-20-7-6-15(26)12-17(20)27)21(31)19(14-33-5)30-22(32)18-13-28-9-10-29-18/h6-7,9-10,12-13,16,19H,8,11,14H2,1-5H3,(H,30,32)/t16-,19-/m1/s1. The number of ketones is 1. The third-order valence-electron chi connectivity index (χ3n) is 6.32. The Balaban J connectivity index is 1.80. The fourth-order valence-corrected chi connectivity index (χ4v) is 3.78. The number of carbonyl (C=O) groups is 2. The molecule has 0 bridgehead atoms. The van der Waals surface area contributed by atoms with Gasteiger partial charge < -0.3 is 24.1 Å². The molecule has 36 heavy (non-hydrogen) atoms. The molecule has 3 rings (SSSR count). The third-order valence-corrected chi connectivity index (χ3v) is 6.56. The summed E-state index contributed by atoms with van der Waals surface area (Å²) in [5.74, 6) is -2.43. The van der Waals surface area contributed by atoms with E-state index in [0.717, 1.165) is 6.07 Å². The number of hydrogen-bond acceptors (Lipinski definition) is 8. The molecule has 0 saturated carbocycles. The van der Waals surface area contributed by atoms with Crippen molar-refractivity contribution in [2.45, 2.75) is 57.2 Å². The van der Waals surface area contributed by atoms with Gasteiger partial charge in [-0.1, -0.05) is 11.6 Å². The van der Waals surface area contributed by atoms with Gasteiger partial charge in [-0.15, -0.1) is 0 Å². The summed E-state index contributed by atoms with van der Waals surface area (Å²) in [6.07, 6.45) is 4.23. The van der Waals surface area contributed by atoms with E-state index in [1.54, 1.807) is 0 Å². The van der Waals surface area contributed by atoms with Gasteiger partial charge in [0.1, 0.15) is 11.7 Å². The molecule has 1 aliphatic heterocycles. The van der Waals surface area contributed by atoms with Crippen LogP contribution in [0.5, 0.6) is 5.75 Å². The Hall–Kier alpha value is -2.60. The lowest BCUT2D eigenvalue weighted by molar-refractivity contribution is -0.122. The fourth-order valence-electron chi connectivity index (χ4n) is 3.62. The van der Waals surface area contributed by atoms with Crippen LogP contribution in [0.25, 0.3) is 0 Å². The summed E-state index contributed by atoms with van der Waals surface area (Å²) >= 11 is 5.80. The Kier molecular flexibility index (Phi) is 9.05. The molecule has 1 amide bonds. The Morgan fingerprint density at radius 2 is 1.89 bits per heavy atom. The van der Waals surface area contributed by atoms with E-state index in [0.29, 0.717) is 0 Å². The Labute approximate surface area is 215 Å². The quantitative estimate of drug-likeness (QED) is 0.448. The molecule has 0 radical (unpaired) electrons. The maximum absolute atomic E-state index is 14.2. The van der Waals surface area contributed by atoms with E-state index >= 15 is 0 Å². The number of methoxy groups -OCH3 is 1. The molecule has 0 spiro atoms. The highest BCUT2D eigenvalue weighted by molar-refractivity contribution is 6.53. The first-order chi connectivity index (χ1) is 16.9. The van der Waals surface area contributed by atoms with Gasteiger partial charge in [-0.25, -0.2) is 9.37 Å². The number of hydrogen-bond donors (Lipinski definition) is 1. The van der Waals surface area contributed by atoms with Crippen LogP contribution in [0.2, 0.25) is 10.8 Å². The normalized spacial score (nSPS) is 17.9. The van der Waals surface area contributed by atoms with E-state index in [-0.39, 0.29) is 41.9 Å². The molecule has 194 valence electrons. The molecule has 12 heteroatoms. The van der Waals surface area contributed by atoms with Gasteiger partial charge in [-0.05, 0) is 52.3 Å². The van der Waals surface area contributed by atoms with Crippen molar-refractivity contribution in [3.05, 3.63) is 53.3 Å². The Morgan fingerprint density at radius 3 is 2.47 bits per heavy atom. The second-order valence-corrected chi connectivity index (χ2v) is 9.85. The number of amides is 1. The molecule has 0 unspecified atom stereocenters. The van der Waals surface area contributed by atoms with E-state index in [1.165, 1.54) is 37.8 Å². The maximum atomic E-state index is 14.2. The highest BCUT2D eigenvalue weighted by Crippen LogP contribution is 2.41. The van der Waals surface area contributed by atoms with Crippen LogP contribution in [0, 0.1) is 5.82 Å². The predicted octanol–water partition coefficient (Wildman–Crippen LogP) is 3.51. The molecule has 1 aromatic heterocycles. The molecule has 9 nitrogen and oxygen atoms in total. The van der Waals surface area contributed by atoms with Crippen molar-refractivity contribution < 1.29 is 32.8 Å². The van der Waals surface area contributed by atoms with Crippen molar-refractivity contribution in [3.63, 3.8) is 0 Å². The van der Waals surface area contributed by atoms with Gasteiger partial charge >= 0.3 is 7.12 Å². The first-order valence-corrected chi connectivity index (χ1v) is 11.9. The number of halogens is 2. The molecule has 2 atom stereocenters. The zero-order valence-corrected chi connectivity index (χ0v) is 21.7. The zero-order valence-electron chi connectivity index (χ0n) is 20.9. The van der Waals surface area contributed by atoms with Gasteiger partial charge in [0, 0.05) is 24.5 Å². The number of aromatic nitrogens is 2. The molecular weight excluding hydrogens is 492 g/mol. The molecule has 0 aliphatic carbocycles. The van der Waals surface area contributed by atoms with Crippen molar-refractivity contribution in [2.75, 3.05) is 20.3 Å². The lowest BCUT2D eigenvalue weighted by Gasteiger charge is -2.32. The van der Waals surface area contributed by atoms with E-state index in [1.807, 2.05) is 27.7 Å². The van der Waals surface area contributed by atoms with E-state index in [2.05, 4.69) is 15.3 Å². The summed E-state index contributed by atoms with van der Waals surface area (Å²) in [4.78, 5) is 34.3. The third kappa shape index (κ3) is 6.58. The number of Topliss-reactive ketones (excluding diaryl/α,β-unsaturated/α-hetero) is 1. The summed E-state index contributed by atoms with van der Waals surface area (Å²) in [6.45, 7) is 7.38. The molecule has 1 saturated heterocycles. The van der Waals surface area contributed by atoms with Crippen LogP contribution < -0.4 is 10.1 Å². The molecule has 1 aromatic carbocycles. The first-order valence-electron chi connectivity index (χ1n) is 11.5. The molecule has 1 aliphatic rings. The number of nitrogens with one attached hydrogen (secondary N) is 1. The van der Waals surface area contributed by atoms with Crippen LogP contribution in [0.4, 0.5) is 4.39 Å². The van der Waals surface area contributed by atoms with Crippen molar-refractivity contribution in [1.29, 1.82) is 0 Å². The minimum atomic E-state index is -1.03. The van der Waals surface area contributed by atoms with Crippen molar-refractivity contribution in [1.82, 2.24) is 15.3 Å². The van der Waals surface area contributed by atoms with E-state index < -0.39 is 41.9 Å². The largest absolute Gasteiger partial charge is 0.491 e. The summed E-state index contributed by atoms with van der Waals surface area (Å²) in [6, 6.07) is 3.04. The SMILES string of the molecule is COC[C@@H](NC(=O)c1cnccn1)C(=O)[C@@H](CCOc1ccc(Cl)cc1F)B1OC(C)(C)C(C)(C)O1. The zero-order chi connectivity index (χ0) is 26.5. The van der Waals surface area contributed by atoms with Crippen molar-refractivity contribution in [3.8, 4) is 5.75 Å². The highest BCUT2D eigenvalue weighted by Gasteiger charge is 2.55. The van der Waals surface area contributed by atoms with Crippen LogP contribution in [0.1, 0.15) is 44.6 Å². The number of benzene rings is 1. The first kappa shape index (κ1) is 28.0. The van der Waals surface area contributed by atoms with E-state index in [9.17, 15) is 14.0 Å². The van der Waals surface area contributed by atoms with Crippen LogP contribution >= 0.6 is 11.6 Å². The summed E-state index contributed by atoms with van der Waals surface area (Å²) in [5, 5.41) is 2.90. The number of rotatable bonds is 11. The van der Waals surface area contributed by atoms with Crippen LogP contribution in [0.15, 0.2) is 36.8 Å². The lowest BCUT2D eigenvalue weighted by Crippen LogP contribution is -2.48. The van der Waals surface area contributed by atoms with Crippen LogP contribution in [-0.4, -0.2) is 66.3 Å². The molecular formula is C24H30BClFN3O6. The van der Waals surface area contributed by atoms with Gasteiger partial charge in [0.25, 0.3) is 5.91 Å². The molecule has 1 N–H and O–H groups in total. The minimum Gasteiger partial charge on any atom is -0.491 e. The fraction of sp³-hybridized carbons (Fsp3) is 0.500. The topological polar surface area (TPSA) is 109 Å². The second kappa shape index (κ2) is 11.6. The smallest absolute Gasteiger partial charge is 0.469 e. The van der Waals surface area contributed by atoms with Crippen LogP contribution in [-0.2, 0) is 18.8 Å². The lowest BCUT2D eigenvalue weighted by atomic mass is 9.66. The van der Waals surface area contributed by atoms with Gasteiger partial charge in [0.05, 0.1) is 36.4 Å². The van der Waals surface area contributed by atoms with Gasteiger partial charge in [0.2, 0.25) is 0 Å². The van der Waals surface area contributed by atoms with Gasteiger partial charge in [-0.3, -0.25) is 14.6 Å². The predicted molar refractivity (Wildman–Crippen MR) is 132 cm³/mol. The maximum Gasteiger partial charge on any atom is 0.469 e. The van der Waals surface area contributed by atoms with Crippen LogP contribution in [0.3, 0.4) is 0 Å². The average Bonchev–Trinajstić information content (AvgIpc) is 3.04. The average molecular weight is 522 g/mol. The Bertz CT molecular complexity index is 1060. The minimum absolute atomic E-state index is 0.00362. The highest BCUT2D eigenvalue weighted by atomic mass is 35.5. The van der Waals surface area contributed by atoms with Crippen molar-refractivity contribution in [2.24, 2.45) is 0 Å². The molecule has 1 fully saturated rings. The summed E-state index contributed by atoms with van der Waals surface area (Å²) in [5.41, 5.74) is -1.34. The number of nitrogens with zero attached hydrogens (tertiary/aromatic N) is 2. The molecule has 2 heterocycles. The monoisotopic (exact) mass is 521 g/mol. The van der Waals surface area contributed by atoms with E-state index in [4.69, 9.17) is 30.4 Å². The summed E-state index contributed by atoms with van der Waals surface area (Å²) in [7, 11) is 0.499. The summed E-state index contributed by atoms with van der Waals surface area (Å²) < 4.78 is 37.3.